The summed E-state index contributed by atoms with van der Waals surface area (Å²) in [6.45, 7) is 0. The van der Waals surface area contributed by atoms with Crippen LogP contribution in [0.15, 0.2) is 47.4 Å². The number of aryl methyl sites for hydroxylation is 1. The number of benzene rings is 1. The van der Waals surface area contributed by atoms with E-state index < -0.39 is 0 Å². The van der Waals surface area contributed by atoms with Crippen molar-refractivity contribution in [3.63, 3.8) is 0 Å². The van der Waals surface area contributed by atoms with Crippen molar-refractivity contribution < 1.29 is 4.79 Å². The smallest absolute Gasteiger partial charge is 0.310 e. The number of aromatic nitrogens is 2. The van der Waals surface area contributed by atoms with Crippen LogP contribution >= 0.6 is 0 Å². The molecule has 0 saturated heterocycles. The third-order valence-corrected chi connectivity index (χ3v) is 6.01. The van der Waals surface area contributed by atoms with E-state index in [1.165, 1.54) is 16.6 Å². The van der Waals surface area contributed by atoms with E-state index in [1.807, 2.05) is 18.2 Å². The molecule has 130 valence electrons. The summed E-state index contributed by atoms with van der Waals surface area (Å²) in [5.74, 6) is 1.44. The number of hydrogen-bond acceptors (Lipinski definition) is 3. The predicted octanol–water partition coefficient (Wildman–Crippen LogP) is 2.77. The van der Waals surface area contributed by atoms with E-state index in [1.54, 1.807) is 19.3 Å². The molecule has 0 spiro atoms. The van der Waals surface area contributed by atoms with Gasteiger partial charge in [-0.05, 0) is 49.1 Å². The van der Waals surface area contributed by atoms with E-state index >= 15 is 0 Å². The average Bonchev–Trinajstić information content (AvgIpc) is 3.21. The fourth-order valence-electron chi connectivity index (χ4n) is 4.75. The lowest BCUT2D eigenvalue weighted by Crippen LogP contribution is -2.43. The normalized spacial score (nSPS) is 27.4. The van der Waals surface area contributed by atoms with E-state index in [4.69, 9.17) is 0 Å². The molecule has 2 bridgehead atoms. The van der Waals surface area contributed by atoms with Crippen LogP contribution in [0.25, 0.3) is 0 Å². The minimum absolute atomic E-state index is 0.0179. The number of hydrogen-bond donors (Lipinski definition) is 1. The van der Waals surface area contributed by atoms with Gasteiger partial charge in [-0.15, -0.1) is 0 Å². The average molecular weight is 337 g/mol. The molecule has 5 nitrogen and oxygen atoms in total. The molecule has 0 aliphatic heterocycles. The zero-order valence-corrected chi connectivity index (χ0v) is 14.4. The largest absolute Gasteiger partial charge is 0.349 e. The van der Waals surface area contributed by atoms with Crippen molar-refractivity contribution in [3.05, 3.63) is 58.6 Å². The topological polar surface area (TPSA) is 64.0 Å². The number of rotatable bonds is 4. The van der Waals surface area contributed by atoms with Crippen LogP contribution in [0, 0.1) is 17.3 Å². The molecule has 2 fully saturated rings. The lowest BCUT2D eigenvalue weighted by molar-refractivity contribution is -0.128. The van der Waals surface area contributed by atoms with Crippen LogP contribution in [0.1, 0.15) is 31.2 Å². The van der Waals surface area contributed by atoms with Crippen LogP contribution in [0.2, 0.25) is 0 Å². The highest BCUT2D eigenvalue weighted by molar-refractivity contribution is 5.95. The molecular weight excluding hydrogens is 314 g/mol. The van der Waals surface area contributed by atoms with Gasteiger partial charge in [0, 0.05) is 13.2 Å². The molecule has 4 rings (SSSR count). The quantitative estimate of drug-likeness (QED) is 0.933. The van der Waals surface area contributed by atoms with Gasteiger partial charge in [0.25, 0.3) is 0 Å². The summed E-state index contributed by atoms with van der Waals surface area (Å²) in [6.07, 6.45) is 6.82. The number of carbonyl (C=O) groups excluding carboxylic acids is 1. The van der Waals surface area contributed by atoms with Crippen LogP contribution in [0.4, 0.5) is 5.82 Å². The Hall–Kier alpha value is -2.43. The van der Waals surface area contributed by atoms with Gasteiger partial charge in [0.2, 0.25) is 5.91 Å². The minimum Gasteiger partial charge on any atom is -0.310 e. The number of nitrogens with one attached hydrogen (secondary N) is 1. The zero-order chi connectivity index (χ0) is 17.4. The Morgan fingerprint density at radius 2 is 2.08 bits per heavy atom. The van der Waals surface area contributed by atoms with Crippen molar-refractivity contribution in [3.8, 4) is 0 Å². The molecule has 1 aromatic carbocycles. The van der Waals surface area contributed by atoms with Gasteiger partial charge >= 0.3 is 5.69 Å². The number of amides is 1. The Kier molecular flexibility index (Phi) is 3.94. The maximum absolute atomic E-state index is 13.3. The van der Waals surface area contributed by atoms with Crippen LogP contribution in [-0.4, -0.2) is 15.5 Å². The van der Waals surface area contributed by atoms with Gasteiger partial charge in [0.1, 0.15) is 5.82 Å². The summed E-state index contributed by atoms with van der Waals surface area (Å²) in [6, 6.07) is 11.9. The van der Waals surface area contributed by atoms with Gasteiger partial charge < -0.3 is 9.88 Å². The Labute approximate surface area is 147 Å². The second-order valence-electron chi connectivity index (χ2n) is 7.56. The zero-order valence-electron chi connectivity index (χ0n) is 14.4. The Morgan fingerprint density at radius 3 is 2.72 bits per heavy atom. The first-order valence-electron chi connectivity index (χ1n) is 8.96. The first kappa shape index (κ1) is 16.1. The highest BCUT2D eigenvalue weighted by Crippen LogP contribution is 2.57. The molecule has 2 aliphatic carbocycles. The molecule has 25 heavy (non-hydrogen) atoms. The lowest BCUT2D eigenvalue weighted by atomic mass is 9.68. The third kappa shape index (κ3) is 2.88. The van der Waals surface area contributed by atoms with Crippen molar-refractivity contribution in [2.75, 3.05) is 5.32 Å². The van der Waals surface area contributed by atoms with Crippen LogP contribution in [0.3, 0.4) is 0 Å². The first-order valence-corrected chi connectivity index (χ1v) is 8.96. The van der Waals surface area contributed by atoms with Gasteiger partial charge in [-0.2, -0.15) is 4.98 Å². The summed E-state index contributed by atoms with van der Waals surface area (Å²) in [5, 5.41) is 2.93. The second kappa shape index (κ2) is 6.14. The predicted molar refractivity (Wildman–Crippen MR) is 96.1 cm³/mol. The molecule has 1 amide bonds. The van der Waals surface area contributed by atoms with Crippen molar-refractivity contribution in [2.24, 2.45) is 24.3 Å². The Morgan fingerprint density at radius 1 is 1.28 bits per heavy atom. The SMILES string of the molecule is Cn1ccc(NC(=O)C2(Cc3ccccc3)CC3CCC2C3)nc1=O. The van der Waals surface area contributed by atoms with Crippen molar-refractivity contribution in [1.82, 2.24) is 9.55 Å². The molecule has 5 heteroatoms. The van der Waals surface area contributed by atoms with Gasteiger partial charge in [-0.25, -0.2) is 4.79 Å². The van der Waals surface area contributed by atoms with Crippen LogP contribution in [-0.2, 0) is 18.3 Å². The van der Waals surface area contributed by atoms with E-state index in [-0.39, 0.29) is 17.0 Å². The lowest BCUT2D eigenvalue weighted by Gasteiger charge is -2.36. The summed E-state index contributed by atoms with van der Waals surface area (Å²) in [7, 11) is 1.65. The van der Waals surface area contributed by atoms with Crippen LogP contribution < -0.4 is 11.0 Å². The van der Waals surface area contributed by atoms with Crippen LogP contribution in [0.5, 0.6) is 0 Å². The standard InChI is InChI=1S/C20H23N3O2/c1-23-10-9-17(22-19(23)25)21-18(24)20(12-14-5-3-2-4-6-14)13-15-7-8-16(20)11-15/h2-6,9-10,15-16H,7-8,11-13H2,1H3,(H,21,22,24,25). The van der Waals surface area contributed by atoms with E-state index in [9.17, 15) is 9.59 Å². The highest BCUT2D eigenvalue weighted by atomic mass is 16.2. The second-order valence-corrected chi connectivity index (χ2v) is 7.56. The maximum atomic E-state index is 13.3. The van der Waals surface area contributed by atoms with Crippen molar-refractivity contribution in [1.29, 1.82) is 0 Å². The Balaban J connectivity index is 1.63. The molecule has 2 aliphatic rings. The molecule has 1 heterocycles. The van der Waals surface area contributed by atoms with Gasteiger partial charge in [0.05, 0.1) is 5.41 Å². The number of nitrogens with zero attached hydrogens (tertiary/aromatic N) is 2. The molecule has 1 N–H and O–H groups in total. The molecule has 3 atom stereocenters. The summed E-state index contributed by atoms with van der Waals surface area (Å²) >= 11 is 0. The van der Waals surface area contributed by atoms with Crippen molar-refractivity contribution >= 4 is 11.7 Å². The number of carbonyl (C=O) groups is 1. The number of anilines is 1. The molecule has 2 aromatic rings. The molecule has 3 unspecified atom stereocenters. The minimum atomic E-state index is -0.382. The Bertz CT molecular complexity index is 846. The summed E-state index contributed by atoms with van der Waals surface area (Å²) < 4.78 is 1.40. The number of fused-ring (bicyclic) bond motifs is 2. The summed E-state index contributed by atoms with van der Waals surface area (Å²) in [5.41, 5.74) is 0.456. The molecular formula is C20H23N3O2. The van der Waals surface area contributed by atoms with Gasteiger partial charge in [-0.3, -0.25) is 4.79 Å². The third-order valence-electron chi connectivity index (χ3n) is 6.01. The van der Waals surface area contributed by atoms with Crippen molar-refractivity contribution in [2.45, 2.75) is 32.1 Å². The van der Waals surface area contributed by atoms with Gasteiger partial charge in [0.15, 0.2) is 0 Å². The fourth-order valence-corrected chi connectivity index (χ4v) is 4.75. The van der Waals surface area contributed by atoms with E-state index in [0.717, 1.165) is 25.7 Å². The van der Waals surface area contributed by atoms with E-state index in [0.29, 0.717) is 17.7 Å². The molecule has 1 aromatic heterocycles. The monoisotopic (exact) mass is 337 g/mol. The van der Waals surface area contributed by atoms with E-state index in [2.05, 4.69) is 22.4 Å². The first-order chi connectivity index (χ1) is 12.1. The molecule has 0 radical (unpaired) electrons. The summed E-state index contributed by atoms with van der Waals surface area (Å²) in [4.78, 5) is 29.0. The highest BCUT2D eigenvalue weighted by Gasteiger charge is 2.55. The maximum Gasteiger partial charge on any atom is 0.349 e. The fraction of sp³-hybridized carbons (Fsp3) is 0.450. The molecule has 2 saturated carbocycles. The van der Waals surface area contributed by atoms with Gasteiger partial charge in [-0.1, -0.05) is 36.8 Å².